The van der Waals surface area contributed by atoms with Gasteiger partial charge in [0.2, 0.25) is 0 Å². The van der Waals surface area contributed by atoms with Gasteiger partial charge in [0.15, 0.2) is 0 Å². The monoisotopic (exact) mass is 199 g/mol. The number of thiocarbonyl (C=S) groups is 1. The van der Waals surface area contributed by atoms with Gasteiger partial charge in [-0.25, -0.2) is 0 Å². The van der Waals surface area contributed by atoms with Crippen LogP contribution in [0.15, 0.2) is 0 Å². The molecule has 6 heteroatoms. The fraction of sp³-hybridized carbons (Fsp3) is 0.750. The average Bonchev–Trinajstić information content (AvgIpc) is 1.60. The summed E-state index contributed by atoms with van der Waals surface area (Å²) in [4.78, 5) is 8.05. The molecule has 0 rings (SSSR count). The molecule has 0 aromatic carbocycles. The first-order valence-electron chi connectivity index (χ1n) is 2.41. The predicted molar refractivity (Wildman–Crippen MR) is 47.5 cm³/mol. The molecule has 0 aliphatic carbocycles. The van der Waals surface area contributed by atoms with Crippen molar-refractivity contribution in [1.82, 2.24) is 0 Å². The Morgan fingerprint density at radius 2 is 2.40 bits per heavy atom. The van der Waals surface area contributed by atoms with Crippen molar-refractivity contribution in [2.24, 2.45) is 0 Å². The second-order valence-corrected chi connectivity index (χ2v) is 4.12. The van der Waals surface area contributed by atoms with Crippen LogP contribution in [0.3, 0.4) is 0 Å². The molecule has 0 amide bonds. The lowest BCUT2D eigenvalue weighted by molar-refractivity contribution is -0.535. The summed E-state index contributed by atoms with van der Waals surface area (Å²) in [5.41, 5.74) is 0. The summed E-state index contributed by atoms with van der Waals surface area (Å²) in [5.74, 6) is 0. The van der Waals surface area contributed by atoms with Crippen LogP contribution < -0.4 is 0 Å². The first-order valence-corrected chi connectivity index (χ1v) is 3.65. The Morgan fingerprint density at radius 3 is 2.50 bits per heavy atom. The van der Waals surface area contributed by atoms with Crippen molar-refractivity contribution in [3.05, 3.63) is 10.1 Å². The summed E-state index contributed by atoms with van der Waals surface area (Å²) in [7, 11) is 0. The van der Waals surface area contributed by atoms with E-state index in [1.807, 2.05) is 0 Å². The van der Waals surface area contributed by atoms with Crippen LogP contribution in [0, 0.1) is 10.1 Å². The van der Waals surface area contributed by atoms with Gasteiger partial charge >= 0.3 is 0 Å². The Morgan fingerprint density at radius 1 is 2.00 bits per heavy atom. The standard InChI is InChI=1S/C4H6ClNO2S2/c1-4(5,6(7)8)2-3(9)10/h2H2,1H3,(H,9,10). The van der Waals surface area contributed by atoms with Gasteiger partial charge in [-0.2, -0.15) is 0 Å². The second kappa shape index (κ2) is 3.50. The van der Waals surface area contributed by atoms with Gasteiger partial charge in [-0.15, -0.1) is 12.6 Å². The molecule has 0 spiro atoms. The molecule has 0 saturated heterocycles. The zero-order chi connectivity index (χ0) is 8.36. The largest absolute Gasteiger partial charge is 0.297 e. The van der Waals surface area contributed by atoms with E-state index >= 15 is 0 Å². The van der Waals surface area contributed by atoms with E-state index in [0.29, 0.717) is 0 Å². The molecule has 0 aliphatic heterocycles. The van der Waals surface area contributed by atoms with Crippen molar-refractivity contribution in [3.63, 3.8) is 0 Å². The predicted octanol–water partition coefficient (Wildman–Crippen LogP) is 1.87. The van der Waals surface area contributed by atoms with Crippen LogP contribution in [0.5, 0.6) is 0 Å². The Kier molecular flexibility index (Phi) is 3.55. The molecule has 58 valence electrons. The van der Waals surface area contributed by atoms with Crippen molar-refractivity contribution in [2.75, 3.05) is 0 Å². The van der Waals surface area contributed by atoms with Crippen LogP contribution in [-0.2, 0) is 0 Å². The van der Waals surface area contributed by atoms with E-state index in [4.69, 9.17) is 11.6 Å². The zero-order valence-corrected chi connectivity index (χ0v) is 7.67. The van der Waals surface area contributed by atoms with Crippen molar-refractivity contribution in [2.45, 2.75) is 18.3 Å². The lowest BCUT2D eigenvalue weighted by Crippen LogP contribution is -2.29. The molecule has 1 atom stereocenters. The van der Waals surface area contributed by atoms with E-state index in [-0.39, 0.29) is 10.6 Å². The normalized spacial score (nSPS) is 15.9. The Balaban J connectivity index is 4.13. The lowest BCUT2D eigenvalue weighted by atomic mass is 10.3. The van der Waals surface area contributed by atoms with Gasteiger partial charge < -0.3 is 0 Å². The highest BCUT2D eigenvalue weighted by Gasteiger charge is 2.34. The van der Waals surface area contributed by atoms with Crippen LogP contribution in [0.2, 0.25) is 0 Å². The number of hydrogen-bond acceptors (Lipinski definition) is 3. The van der Waals surface area contributed by atoms with Gasteiger partial charge in [0.25, 0.3) is 5.00 Å². The molecule has 1 unspecified atom stereocenters. The average molecular weight is 200 g/mol. The van der Waals surface area contributed by atoms with Gasteiger partial charge in [0.05, 0.1) is 10.6 Å². The molecule has 0 bridgehead atoms. The van der Waals surface area contributed by atoms with E-state index in [9.17, 15) is 10.1 Å². The van der Waals surface area contributed by atoms with Crippen molar-refractivity contribution in [3.8, 4) is 0 Å². The van der Waals surface area contributed by atoms with Crippen molar-refractivity contribution < 1.29 is 4.92 Å². The molecule has 0 N–H and O–H groups in total. The zero-order valence-electron chi connectivity index (χ0n) is 5.20. The molecule has 0 fully saturated rings. The van der Waals surface area contributed by atoms with E-state index in [1.165, 1.54) is 6.92 Å². The molecular formula is C4H6ClNO2S2. The fourth-order valence-electron chi connectivity index (χ4n) is 0.341. The van der Waals surface area contributed by atoms with Crippen LogP contribution in [-0.4, -0.2) is 14.1 Å². The molecule has 0 aromatic rings. The second-order valence-electron chi connectivity index (χ2n) is 1.97. The summed E-state index contributed by atoms with van der Waals surface area (Å²) >= 11 is 13.7. The number of thiol groups is 1. The third kappa shape index (κ3) is 3.34. The number of nitro groups is 1. The molecule has 3 nitrogen and oxygen atoms in total. The summed E-state index contributed by atoms with van der Waals surface area (Å²) in [5, 5.41) is 10.1. The first-order chi connectivity index (χ1) is 4.36. The molecular weight excluding hydrogens is 194 g/mol. The quantitative estimate of drug-likeness (QED) is 0.189. The van der Waals surface area contributed by atoms with E-state index < -0.39 is 9.92 Å². The van der Waals surface area contributed by atoms with Gasteiger partial charge in [-0.1, -0.05) is 12.2 Å². The topological polar surface area (TPSA) is 43.1 Å². The van der Waals surface area contributed by atoms with Crippen molar-refractivity contribution in [1.29, 1.82) is 0 Å². The molecule has 10 heavy (non-hydrogen) atoms. The van der Waals surface area contributed by atoms with Gasteiger partial charge in [0, 0.05) is 11.8 Å². The maximum absolute atomic E-state index is 10.1. The van der Waals surface area contributed by atoms with Crippen LogP contribution >= 0.6 is 36.4 Å². The first kappa shape index (κ1) is 10.1. The molecule has 0 saturated carbocycles. The summed E-state index contributed by atoms with van der Waals surface area (Å²) in [6, 6.07) is 0. The van der Waals surface area contributed by atoms with Crippen LogP contribution in [0.1, 0.15) is 13.3 Å². The number of halogens is 1. The summed E-state index contributed by atoms with van der Waals surface area (Å²) < 4.78 is 0.245. The van der Waals surface area contributed by atoms with E-state index in [1.54, 1.807) is 0 Å². The van der Waals surface area contributed by atoms with Gasteiger partial charge in [0.1, 0.15) is 0 Å². The Bertz CT molecular complexity index is 171. The minimum Gasteiger partial charge on any atom is -0.263 e. The smallest absolute Gasteiger partial charge is 0.263 e. The van der Waals surface area contributed by atoms with E-state index in [2.05, 4.69) is 24.8 Å². The summed E-state index contributed by atoms with van der Waals surface area (Å²) in [6.07, 6.45) is 0. The number of nitrogens with zero attached hydrogens (tertiary/aromatic N) is 1. The third-order valence-electron chi connectivity index (χ3n) is 0.855. The molecule has 0 aliphatic rings. The highest BCUT2D eigenvalue weighted by molar-refractivity contribution is 8.11. The lowest BCUT2D eigenvalue weighted by Gasteiger charge is -2.10. The highest BCUT2D eigenvalue weighted by atomic mass is 35.5. The maximum atomic E-state index is 10.1. The van der Waals surface area contributed by atoms with Gasteiger partial charge in [-0.3, -0.25) is 10.1 Å². The minimum atomic E-state index is -1.50. The van der Waals surface area contributed by atoms with Crippen LogP contribution in [0.25, 0.3) is 0 Å². The van der Waals surface area contributed by atoms with E-state index in [0.717, 1.165) is 0 Å². The number of rotatable bonds is 3. The van der Waals surface area contributed by atoms with Gasteiger partial charge in [-0.05, 0) is 11.6 Å². The Labute approximate surface area is 74.3 Å². The minimum absolute atomic E-state index is 0. The molecule has 0 radical (unpaired) electrons. The highest BCUT2D eigenvalue weighted by Crippen LogP contribution is 2.21. The molecule has 0 aromatic heterocycles. The fourth-order valence-corrected chi connectivity index (χ4v) is 1.24. The maximum Gasteiger partial charge on any atom is 0.297 e. The number of hydrogen-bond donors (Lipinski definition) is 1. The Hall–Kier alpha value is 0.130. The summed E-state index contributed by atoms with van der Waals surface area (Å²) in [6.45, 7) is 1.29. The SMILES string of the molecule is CC(Cl)(CC(=S)S)[N+](=O)[O-]. The van der Waals surface area contributed by atoms with Crippen LogP contribution in [0.4, 0.5) is 0 Å². The van der Waals surface area contributed by atoms with Crippen molar-refractivity contribution >= 4 is 40.6 Å². The third-order valence-corrected chi connectivity index (χ3v) is 1.43. The molecule has 0 heterocycles. The number of alkyl halides is 1.